The van der Waals surface area contributed by atoms with Crippen molar-refractivity contribution < 1.29 is 0 Å². The Morgan fingerprint density at radius 2 is 1.39 bits per heavy atom. The van der Waals surface area contributed by atoms with E-state index in [1.165, 1.54) is 11.1 Å². The normalized spacial score (nSPS) is 15.6. The summed E-state index contributed by atoms with van der Waals surface area (Å²) in [5.74, 6) is 0.986. The predicted molar refractivity (Wildman–Crippen MR) is 136 cm³/mol. The highest BCUT2D eigenvalue weighted by atomic mass is 35.5. The van der Waals surface area contributed by atoms with Gasteiger partial charge in [-0.2, -0.15) is 0 Å². The van der Waals surface area contributed by atoms with Gasteiger partial charge in [-0.1, -0.05) is 84.4 Å². The van der Waals surface area contributed by atoms with E-state index >= 15 is 0 Å². The molecule has 0 saturated carbocycles. The topological polar surface area (TPSA) is 44.0 Å². The van der Waals surface area contributed by atoms with Crippen LogP contribution in [0.4, 0.5) is 0 Å². The Morgan fingerprint density at radius 3 is 2.00 bits per heavy atom. The van der Waals surface area contributed by atoms with Crippen LogP contribution in [0.15, 0.2) is 84.9 Å². The Balaban J connectivity index is 1.67. The lowest BCUT2D eigenvalue weighted by Gasteiger charge is -2.39. The molecular formula is C28H29ClN4. The van der Waals surface area contributed by atoms with E-state index in [2.05, 4.69) is 82.8 Å². The van der Waals surface area contributed by atoms with Gasteiger partial charge < -0.3 is 10.3 Å². The zero-order valence-corrected chi connectivity index (χ0v) is 19.6. The van der Waals surface area contributed by atoms with Crippen LogP contribution in [-0.2, 0) is 0 Å². The van der Waals surface area contributed by atoms with Gasteiger partial charge >= 0.3 is 0 Å². The van der Waals surface area contributed by atoms with Gasteiger partial charge in [-0.3, -0.25) is 4.90 Å². The number of rotatable bonds is 6. The van der Waals surface area contributed by atoms with Crippen LogP contribution in [0, 0.1) is 6.92 Å². The maximum Gasteiger partial charge on any atom is 0.139 e. The molecule has 1 aliphatic rings. The maximum absolute atomic E-state index is 6.52. The molecule has 4 nitrogen and oxygen atoms in total. The van der Waals surface area contributed by atoms with Crippen LogP contribution < -0.4 is 5.32 Å². The number of hydrogen-bond acceptors (Lipinski definition) is 3. The Morgan fingerprint density at radius 1 is 0.818 bits per heavy atom. The Kier molecular flexibility index (Phi) is 6.58. The van der Waals surface area contributed by atoms with Gasteiger partial charge in [-0.15, -0.1) is 0 Å². The lowest BCUT2D eigenvalue weighted by atomic mass is 9.82. The van der Waals surface area contributed by atoms with E-state index in [1.54, 1.807) is 0 Å². The standard InChI is InChI=1S/C28H29ClN4/c1-20-26(32-28(31-20)23-14-8-9-15-24(23)29)27(33-18-16-30-17-19-33)25(21-10-4-2-5-11-21)22-12-6-3-7-13-22/h2-15,25,27,30H,16-19H2,1H3,(H,31,32). The zero-order chi connectivity index (χ0) is 22.6. The van der Waals surface area contributed by atoms with E-state index in [0.29, 0.717) is 5.02 Å². The minimum Gasteiger partial charge on any atom is -0.342 e. The summed E-state index contributed by atoms with van der Waals surface area (Å²) in [7, 11) is 0. The first-order valence-corrected chi connectivity index (χ1v) is 12.0. The van der Waals surface area contributed by atoms with Gasteiger partial charge in [0.25, 0.3) is 0 Å². The molecule has 2 N–H and O–H groups in total. The number of imidazole rings is 1. The lowest BCUT2D eigenvalue weighted by molar-refractivity contribution is 0.156. The van der Waals surface area contributed by atoms with Crippen LogP contribution in [0.1, 0.15) is 34.5 Å². The summed E-state index contributed by atoms with van der Waals surface area (Å²) in [5.41, 5.74) is 5.71. The summed E-state index contributed by atoms with van der Waals surface area (Å²) in [6.07, 6.45) is 0. The molecule has 1 aliphatic heterocycles. The van der Waals surface area contributed by atoms with E-state index in [-0.39, 0.29) is 12.0 Å². The molecule has 0 aliphatic carbocycles. The van der Waals surface area contributed by atoms with E-state index in [0.717, 1.165) is 49.0 Å². The van der Waals surface area contributed by atoms with Crippen LogP contribution in [0.5, 0.6) is 0 Å². The second-order valence-electron chi connectivity index (χ2n) is 8.61. The van der Waals surface area contributed by atoms with Crippen LogP contribution in [-0.4, -0.2) is 41.0 Å². The molecular weight excluding hydrogens is 428 g/mol. The third-order valence-corrected chi connectivity index (χ3v) is 6.84. The quantitative estimate of drug-likeness (QED) is 0.384. The first kappa shape index (κ1) is 21.9. The predicted octanol–water partition coefficient (Wildman–Crippen LogP) is 5.82. The number of benzene rings is 3. The van der Waals surface area contributed by atoms with Gasteiger partial charge in [0.15, 0.2) is 0 Å². The van der Waals surface area contributed by atoms with Gasteiger partial charge in [0.1, 0.15) is 5.82 Å². The molecule has 168 valence electrons. The minimum absolute atomic E-state index is 0.101. The second-order valence-corrected chi connectivity index (χ2v) is 9.01. The number of aromatic amines is 1. The van der Waals surface area contributed by atoms with Crippen molar-refractivity contribution in [3.63, 3.8) is 0 Å². The molecule has 1 unspecified atom stereocenters. The monoisotopic (exact) mass is 456 g/mol. The number of nitrogens with zero attached hydrogens (tertiary/aromatic N) is 2. The number of hydrogen-bond donors (Lipinski definition) is 2. The fraction of sp³-hybridized carbons (Fsp3) is 0.250. The van der Waals surface area contributed by atoms with Crippen LogP contribution >= 0.6 is 11.6 Å². The van der Waals surface area contributed by atoms with Gasteiger partial charge in [0.05, 0.1) is 16.8 Å². The first-order valence-electron chi connectivity index (χ1n) is 11.6. The van der Waals surface area contributed by atoms with Crippen molar-refractivity contribution in [1.82, 2.24) is 20.2 Å². The first-order chi connectivity index (χ1) is 16.2. The number of halogens is 1. The van der Waals surface area contributed by atoms with Crippen molar-refractivity contribution in [3.8, 4) is 11.4 Å². The highest BCUT2D eigenvalue weighted by Crippen LogP contribution is 2.42. The van der Waals surface area contributed by atoms with Crippen molar-refractivity contribution in [2.24, 2.45) is 0 Å². The Bertz CT molecular complexity index is 1140. The smallest absolute Gasteiger partial charge is 0.139 e. The summed E-state index contributed by atoms with van der Waals surface area (Å²) in [4.78, 5) is 11.3. The zero-order valence-electron chi connectivity index (χ0n) is 18.8. The minimum atomic E-state index is 0.101. The lowest BCUT2D eigenvalue weighted by Crippen LogP contribution is -2.47. The Hall–Kier alpha value is -2.92. The number of piperazine rings is 1. The molecule has 5 heteroatoms. The van der Waals surface area contributed by atoms with Crippen LogP contribution in [0.3, 0.4) is 0 Å². The van der Waals surface area contributed by atoms with Crippen molar-refractivity contribution in [3.05, 3.63) is 112 Å². The highest BCUT2D eigenvalue weighted by Gasteiger charge is 2.35. The van der Waals surface area contributed by atoms with Crippen LogP contribution in [0.25, 0.3) is 11.4 Å². The summed E-state index contributed by atoms with van der Waals surface area (Å²) in [6.45, 7) is 6.05. The fourth-order valence-corrected chi connectivity index (χ4v) is 5.15. The number of nitrogens with one attached hydrogen (secondary N) is 2. The number of aromatic nitrogens is 2. The summed E-state index contributed by atoms with van der Waals surface area (Å²) in [5, 5.41) is 4.21. The maximum atomic E-state index is 6.52. The molecule has 2 heterocycles. The molecule has 33 heavy (non-hydrogen) atoms. The van der Waals surface area contributed by atoms with Gasteiger partial charge in [0, 0.05) is 43.4 Å². The van der Waals surface area contributed by atoms with Crippen molar-refractivity contribution in [2.75, 3.05) is 26.2 Å². The van der Waals surface area contributed by atoms with Crippen molar-refractivity contribution in [2.45, 2.75) is 18.9 Å². The molecule has 1 atom stereocenters. The summed E-state index contributed by atoms with van der Waals surface area (Å²) < 4.78 is 0. The Labute approximate surface area is 200 Å². The second kappa shape index (κ2) is 9.92. The van der Waals surface area contributed by atoms with Gasteiger partial charge in [-0.25, -0.2) is 4.98 Å². The van der Waals surface area contributed by atoms with E-state index in [1.807, 2.05) is 24.3 Å². The molecule has 0 radical (unpaired) electrons. The molecule has 1 saturated heterocycles. The third-order valence-electron chi connectivity index (χ3n) is 6.51. The summed E-state index contributed by atoms with van der Waals surface area (Å²) >= 11 is 6.52. The molecule has 5 rings (SSSR count). The van der Waals surface area contributed by atoms with E-state index in [4.69, 9.17) is 16.6 Å². The molecule has 3 aromatic carbocycles. The van der Waals surface area contributed by atoms with E-state index in [9.17, 15) is 0 Å². The largest absolute Gasteiger partial charge is 0.342 e. The molecule has 0 spiro atoms. The number of H-pyrrole nitrogens is 1. The van der Waals surface area contributed by atoms with Crippen molar-refractivity contribution in [1.29, 1.82) is 0 Å². The molecule has 0 bridgehead atoms. The molecule has 1 aromatic heterocycles. The fourth-order valence-electron chi connectivity index (χ4n) is 4.92. The van der Waals surface area contributed by atoms with E-state index < -0.39 is 0 Å². The number of aryl methyl sites for hydroxylation is 1. The molecule has 1 fully saturated rings. The average molecular weight is 457 g/mol. The van der Waals surface area contributed by atoms with Crippen molar-refractivity contribution >= 4 is 11.6 Å². The third kappa shape index (κ3) is 4.60. The molecule has 0 amide bonds. The highest BCUT2D eigenvalue weighted by molar-refractivity contribution is 6.33. The van der Waals surface area contributed by atoms with Gasteiger partial charge in [0.2, 0.25) is 0 Å². The SMILES string of the molecule is Cc1[nH]c(-c2ccccc2Cl)nc1C(C(c1ccccc1)c1ccccc1)N1CCNCC1. The van der Waals surface area contributed by atoms with Crippen LogP contribution in [0.2, 0.25) is 5.02 Å². The summed E-state index contributed by atoms with van der Waals surface area (Å²) in [6, 6.07) is 29.6. The average Bonchev–Trinajstić information content (AvgIpc) is 3.25. The molecule has 4 aromatic rings. The van der Waals surface area contributed by atoms with Gasteiger partial charge in [-0.05, 0) is 30.2 Å².